The predicted molar refractivity (Wildman–Crippen MR) is 78.1 cm³/mol. The van der Waals surface area contributed by atoms with Gasteiger partial charge < -0.3 is 16.3 Å². The topological polar surface area (TPSA) is 87.7 Å². The number of nitrogens with zero attached hydrogens (tertiary/aromatic N) is 1. The van der Waals surface area contributed by atoms with Crippen LogP contribution in [0.25, 0.3) is 0 Å². The lowest BCUT2D eigenvalue weighted by molar-refractivity contribution is 0.102. The van der Waals surface area contributed by atoms with Crippen LogP contribution in [0.15, 0.2) is 53.7 Å². The summed E-state index contributed by atoms with van der Waals surface area (Å²) in [5, 5.41) is 14.4. The molecule has 0 unspecified atom stereocenters. The SMILES string of the molecule is Cc1cccc(NC(=O)c2cccc(/C(N)=N/O)c2)c1. The van der Waals surface area contributed by atoms with Crippen LogP contribution in [0.5, 0.6) is 0 Å². The summed E-state index contributed by atoms with van der Waals surface area (Å²) in [5.41, 5.74) is 8.22. The molecule has 20 heavy (non-hydrogen) atoms. The highest BCUT2D eigenvalue weighted by Gasteiger charge is 2.08. The van der Waals surface area contributed by atoms with E-state index in [0.29, 0.717) is 11.1 Å². The van der Waals surface area contributed by atoms with Crippen molar-refractivity contribution in [2.75, 3.05) is 5.32 Å². The van der Waals surface area contributed by atoms with Gasteiger partial charge in [0, 0.05) is 16.8 Å². The van der Waals surface area contributed by atoms with Crippen molar-refractivity contribution in [3.8, 4) is 0 Å². The summed E-state index contributed by atoms with van der Waals surface area (Å²) < 4.78 is 0. The molecular weight excluding hydrogens is 254 g/mol. The van der Waals surface area contributed by atoms with Gasteiger partial charge in [0.15, 0.2) is 5.84 Å². The Labute approximate surface area is 116 Å². The number of oxime groups is 1. The molecule has 0 saturated heterocycles. The van der Waals surface area contributed by atoms with Crippen LogP contribution in [-0.4, -0.2) is 17.0 Å². The van der Waals surface area contributed by atoms with E-state index in [2.05, 4.69) is 10.5 Å². The van der Waals surface area contributed by atoms with E-state index >= 15 is 0 Å². The number of carbonyl (C=O) groups excluding carboxylic acids is 1. The molecule has 0 aromatic heterocycles. The molecule has 0 aliphatic carbocycles. The molecule has 5 nitrogen and oxygen atoms in total. The summed E-state index contributed by atoms with van der Waals surface area (Å²) in [6, 6.07) is 14.1. The van der Waals surface area contributed by atoms with Crippen LogP contribution in [0.3, 0.4) is 0 Å². The fraction of sp³-hybridized carbons (Fsp3) is 0.0667. The molecule has 0 bridgehead atoms. The zero-order valence-corrected chi connectivity index (χ0v) is 11.0. The first kappa shape index (κ1) is 13.6. The van der Waals surface area contributed by atoms with Gasteiger partial charge in [0.25, 0.3) is 5.91 Å². The van der Waals surface area contributed by atoms with Gasteiger partial charge in [-0.3, -0.25) is 4.79 Å². The van der Waals surface area contributed by atoms with Crippen molar-refractivity contribution >= 4 is 17.4 Å². The van der Waals surface area contributed by atoms with Crippen molar-refractivity contribution in [3.05, 3.63) is 65.2 Å². The number of amidine groups is 1. The molecule has 102 valence electrons. The van der Waals surface area contributed by atoms with Crippen LogP contribution in [0.2, 0.25) is 0 Å². The van der Waals surface area contributed by atoms with Gasteiger partial charge in [-0.2, -0.15) is 0 Å². The predicted octanol–water partition coefficient (Wildman–Crippen LogP) is 2.34. The van der Waals surface area contributed by atoms with Crippen LogP contribution >= 0.6 is 0 Å². The Kier molecular flexibility index (Phi) is 4.00. The normalized spacial score (nSPS) is 11.2. The number of carbonyl (C=O) groups is 1. The fourth-order valence-corrected chi connectivity index (χ4v) is 1.80. The lowest BCUT2D eigenvalue weighted by Crippen LogP contribution is -2.16. The molecule has 0 radical (unpaired) electrons. The molecular formula is C15H15N3O2. The third-order valence-electron chi connectivity index (χ3n) is 2.80. The number of aryl methyl sites for hydroxylation is 1. The number of benzene rings is 2. The summed E-state index contributed by atoms with van der Waals surface area (Å²) >= 11 is 0. The minimum absolute atomic E-state index is 0.0322. The fourth-order valence-electron chi connectivity index (χ4n) is 1.80. The van der Waals surface area contributed by atoms with E-state index in [0.717, 1.165) is 11.3 Å². The monoisotopic (exact) mass is 269 g/mol. The highest BCUT2D eigenvalue weighted by Crippen LogP contribution is 2.12. The molecule has 4 N–H and O–H groups in total. The number of amides is 1. The first-order chi connectivity index (χ1) is 9.60. The van der Waals surface area contributed by atoms with Crippen LogP contribution in [0.4, 0.5) is 5.69 Å². The van der Waals surface area contributed by atoms with E-state index in [1.54, 1.807) is 24.3 Å². The van der Waals surface area contributed by atoms with Crippen LogP contribution in [0.1, 0.15) is 21.5 Å². The molecule has 2 rings (SSSR count). The lowest BCUT2D eigenvalue weighted by Gasteiger charge is -2.07. The second kappa shape index (κ2) is 5.88. The molecule has 5 heteroatoms. The van der Waals surface area contributed by atoms with E-state index in [1.807, 2.05) is 31.2 Å². The van der Waals surface area contributed by atoms with Gasteiger partial charge in [-0.15, -0.1) is 0 Å². The zero-order valence-electron chi connectivity index (χ0n) is 11.0. The molecule has 0 aliphatic heterocycles. The Morgan fingerprint density at radius 1 is 1.15 bits per heavy atom. The van der Waals surface area contributed by atoms with Crippen molar-refractivity contribution in [3.63, 3.8) is 0 Å². The maximum absolute atomic E-state index is 12.1. The molecule has 0 aliphatic rings. The molecule has 0 atom stereocenters. The van der Waals surface area contributed by atoms with E-state index in [1.165, 1.54) is 0 Å². The quantitative estimate of drug-likeness (QED) is 0.346. The highest BCUT2D eigenvalue weighted by molar-refractivity contribution is 6.06. The number of anilines is 1. The zero-order chi connectivity index (χ0) is 14.5. The summed E-state index contributed by atoms with van der Waals surface area (Å²) in [6.07, 6.45) is 0. The van der Waals surface area contributed by atoms with Crippen LogP contribution < -0.4 is 11.1 Å². The molecule has 0 heterocycles. The maximum Gasteiger partial charge on any atom is 0.255 e. The van der Waals surface area contributed by atoms with Crippen molar-refractivity contribution in [1.29, 1.82) is 0 Å². The summed E-state index contributed by atoms with van der Waals surface area (Å²) in [4.78, 5) is 12.1. The van der Waals surface area contributed by atoms with E-state index in [9.17, 15) is 4.79 Å². The number of hydrogen-bond donors (Lipinski definition) is 3. The van der Waals surface area contributed by atoms with Crippen molar-refractivity contribution < 1.29 is 10.0 Å². The largest absolute Gasteiger partial charge is 0.409 e. The standard InChI is InChI=1S/C15H15N3O2/c1-10-4-2-7-13(8-10)17-15(19)12-6-3-5-11(9-12)14(16)18-20/h2-9,20H,1H3,(H2,16,18)(H,17,19). The Morgan fingerprint density at radius 2 is 1.85 bits per heavy atom. The van der Waals surface area contributed by atoms with Gasteiger partial charge >= 0.3 is 0 Å². The number of nitrogens with one attached hydrogen (secondary N) is 1. The summed E-state index contributed by atoms with van der Waals surface area (Å²) in [7, 11) is 0. The Morgan fingerprint density at radius 3 is 2.55 bits per heavy atom. The van der Waals surface area contributed by atoms with Gasteiger partial charge in [0.05, 0.1) is 0 Å². The number of nitrogens with two attached hydrogens (primary N) is 1. The Hall–Kier alpha value is -2.82. The first-order valence-electron chi connectivity index (χ1n) is 6.06. The van der Waals surface area contributed by atoms with Gasteiger partial charge in [-0.25, -0.2) is 0 Å². The van der Waals surface area contributed by atoms with Gasteiger partial charge in [0.1, 0.15) is 0 Å². The van der Waals surface area contributed by atoms with E-state index in [4.69, 9.17) is 10.9 Å². The minimum Gasteiger partial charge on any atom is -0.409 e. The van der Waals surface area contributed by atoms with E-state index < -0.39 is 0 Å². The second-order valence-corrected chi connectivity index (χ2v) is 4.39. The van der Waals surface area contributed by atoms with Gasteiger partial charge in [-0.05, 0) is 36.8 Å². The van der Waals surface area contributed by atoms with Gasteiger partial charge in [-0.1, -0.05) is 29.4 Å². The average Bonchev–Trinajstić information content (AvgIpc) is 2.46. The lowest BCUT2D eigenvalue weighted by atomic mass is 10.1. The smallest absolute Gasteiger partial charge is 0.255 e. The third-order valence-corrected chi connectivity index (χ3v) is 2.80. The third kappa shape index (κ3) is 3.14. The number of rotatable bonds is 3. The number of hydrogen-bond acceptors (Lipinski definition) is 3. The van der Waals surface area contributed by atoms with Gasteiger partial charge in [0.2, 0.25) is 0 Å². The Bertz CT molecular complexity index is 666. The van der Waals surface area contributed by atoms with Crippen molar-refractivity contribution in [2.24, 2.45) is 10.9 Å². The molecule has 0 fully saturated rings. The van der Waals surface area contributed by atoms with E-state index in [-0.39, 0.29) is 11.7 Å². The minimum atomic E-state index is -0.247. The average molecular weight is 269 g/mol. The Balaban J connectivity index is 2.21. The van der Waals surface area contributed by atoms with Crippen LogP contribution in [-0.2, 0) is 0 Å². The van der Waals surface area contributed by atoms with Crippen LogP contribution in [0, 0.1) is 6.92 Å². The second-order valence-electron chi connectivity index (χ2n) is 4.39. The molecule has 2 aromatic rings. The molecule has 1 amide bonds. The van der Waals surface area contributed by atoms with Crippen molar-refractivity contribution in [2.45, 2.75) is 6.92 Å². The summed E-state index contributed by atoms with van der Waals surface area (Å²) in [6.45, 7) is 1.95. The molecule has 0 spiro atoms. The molecule has 0 saturated carbocycles. The highest BCUT2D eigenvalue weighted by atomic mass is 16.4. The summed E-state index contributed by atoms with van der Waals surface area (Å²) in [5.74, 6) is -0.279. The molecule has 2 aromatic carbocycles. The maximum atomic E-state index is 12.1. The first-order valence-corrected chi connectivity index (χ1v) is 6.06. The van der Waals surface area contributed by atoms with Crippen molar-refractivity contribution in [1.82, 2.24) is 0 Å².